The van der Waals surface area contributed by atoms with Crippen molar-refractivity contribution < 1.29 is 23.8 Å². The second-order valence-corrected chi connectivity index (χ2v) is 6.78. The lowest BCUT2D eigenvalue weighted by atomic mass is 10.1. The molecule has 128 valence electrons. The van der Waals surface area contributed by atoms with Crippen LogP contribution in [0, 0.1) is 6.92 Å². The molecule has 1 aromatic heterocycles. The quantitative estimate of drug-likeness (QED) is 0.859. The predicted molar refractivity (Wildman–Crippen MR) is 91.2 cm³/mol. The Bertz CT molecular complexity index is 779. The molecule has 0 radical (unpaired) electrons. The van der Waals surface area contributed by atoms with Crippen LogP contribution in [-0.2, 0) is 9.53 Å². The summed E-state index contributed by atoms with van der Waals surface area (Å²) < 4.78 is 11.9. The highest BCUT2D eigenvalue weighted by molar-refractivity contribution is 9.10. The van der Waals surface area contributed by atoms with Crippen molar-refractivity contribution in [2.45, 2.75) is 25.8 Å². The highest BCUT2D eigenvalue weighted by atomic mass is 79.9. The molecule has 6 nitrogen and oxygen atoms in total. The molecule has 1 aliphatic rings. The monoisotopic (exact) mass is 395 g/mol. The van der Waals surface area contributed by atoms with Crippen molar-refractivity contribution in [1.82, 2.24) is 4.90 Å². The van der Waals surface area contributed by atoms with Gasteiger partial charge < -0.3 is 19.2 Å². The van der Waals surface area contributed by atoms with E-state index in [0.29, 0.717) is 31.6 Å². The average molecular weight is 396 g/mol. The Kier molecular flexibility index (Phi) is 4.91. The molecule has 1 N–H and O–H groups in total. The zero-order valence-corrected chi connectivity index (χ0v) is 14.8. The molecule has 0 spiro atoms. The summed E-state index contributed by atoms with van der Waals surface area (Å²) in [6.07, 6.45) is 1.26. The Hall–Kier alpha value is -1.86. The number of aryl methyl sites for hydroxylation is 1. The molecular formula is C17H18BrNO5. The first kappa shape index (κ1) is 17.0. The molecule has 0 bridgehead atoms. The van der Waals surface area contributed by atoms with Crippen LogP contribution in [-0.4, -0.2) is 47.7 Å². The van der Waals surface area contributed by atoms with Gasteiger partial charge in [0.1, 0.15) is 12.1 Å². The fourth-order valence-corrected chi connectivity index (χ4v) is 3.40. The minimum Gasteiger partial charge on any atom is -0.480 e. The van der Waals surface area contributed by atoms with E-state index in [9.17, 15) is 14.7 Å². The average Bonchev–Trinajstić information content (AvgIpc) is 2.89. The van der Waals surface area contributed by atoms with Gasteiger partial charge in [0, 0.05) is 34.7 Å². The molecule has 1 saturated heterocycles. The first-order valence-corrected chi connectivity index (χ1v) is 8.56. The number of amides is 1. The van der Waals surface area contributed by atoms with E-state index in [0.717, 1.165) is 15.4 Å². The molecule has 7 heteroatoms. The van der Waals surface area contributed by atoms with Crippen LogP contribution in [0.25, 0.3) is 11.0 Å². The molecule has 0 saturated carbocycles. The third-order valence-corrected chi connectivity index (χ3v) is 4.78. The molecule has 1 fully saturated rings. The minimum absolute atomic E-state index is 0.151. The molecule has 1 aliphatic heterocycles. The van der Waals surface area contributed by atoms with Crippen LogP contribution in [0.5, 0.6) is 0 Å². The number of carbonyl (C=O) groups excluding carboxylic acids is 1. The van der Waals surface area contributed by atoms with Gasteiger partial charge in [-0.25, -0.2) is 0 Å². The van der Waals surface area contributed by atoms with Gasteiger partial charge in [0.05, 0.1) is 0 Å². The number of carboxylic acids is 1. The largest absolute Gasteiger partial charge is 0.480 e. The Morgan fingerprint density at radius 2 is 2.04 bits per heavy atom. The van der Waals surface area contributed by atoms with E-state index in [-0.39, 0.29) is 24.3 Å². The van der Waals surface area contributed by atoms with Crippen LogP contribution in [0.3, 0.4) is 0 Å². The van der Waals surface area contributed by atoms with E-state index in [4.69, 9.17) is 9.15 Å². The Labute approximate surface area is 147 Å². The Morgan fingerprint density at radius 1 is 1.33 bits per heavy atom. The number of furan rings is 1. The van der Waals surface area contributed by atoms with Crippen LogP contribution >= 0.6 is 15.9 Å². The van der Waals surface area contributed by atoms with Crippen LogP contribution < -0.4 is 0 Å². The van der Waals surface area contributed by atoms with Gasteiger partial charge >= 0.3 is 5.97 Å². The molecule has 2 aromatic rings. The van der Waals surface area contributed by atoms with Crippen LogP contribution in [0.2, 0.25) is 0 Å². The third kappa shape index (κ3) is 3.32. The highest BCUT2D eigenvalue weighted by Crippen LogP contribution is 2.29. The van der Waals surface area contributed by atoms with E-state index in [1.54, 1.807) is 6.07 Å². The van der Waals surface area contributed by atoms with E-state index in [2.05, 4.69) is 15.9 Å². The van der Waals surface area contributed by atoms with E-state index >= 15 is 0 Å². The summed E-state index contributed by atoms with van der Waals surface area (Å²) in [4.78, 5) is 25.6. The van der Waals surface area contributed by atoms with Gasteiger partial charge in [0.25, 0.3) is 5.91 Å². The number of hydrogen-bond donors (Lipinski definition) is 1. The summed E-state index contributed by atoms with van der Waals surface area (Å²) in [5.74, 6) is -1.21. The van der Waals surface area contributed by atoms with Crippen LogP contribution in [0.15, 0.2) is 27.1 Å². The van der Waals surface area contributed by atoms with Gasteiger partial charge in [-0.2, -0.15) is 0 Å². The smallest absolute Gasteiger partial charge is 0.323 e. The van der Waals surface area contributed by atoms with Crippen molar-refractivity contribution in [1.29, 1.82) is 0 Å². The fourth-order valence-electron chi connectivity index (χ4n) is 3.04. The first-order valence-electron chi connectivity index (χ1n) is 7.76. The second-order valence-electron chi connectivity index (χ2n) is 5.87. The predicted octanol–water partition coefficient (Wildman–Crippen LogP) is 3.21. The Morgan fingerprint density at radius 3 is 2.71 bits per heavy atom. The molecule has 0 aliphatic carbocycles. The maximum atomic E-state index is 13.0. The second kappa shape index (κ2) is 6.94. The molecule has 1 aromatic carbocycles. The molecule has 0 atom stereocenters. The van der Waals surface area contributed by atoms with Gasteiger partial charge in [-0.3, -0.25) is 9.59 Å². The molecule has 2 heterocycles. The van der Waals surface area contributed by atoms with Gasteiger partial charge in [0.15, 0.2) is 5.76 Å². The number of hydrogen-bond acceptors (Lipinski definition) is 4. The van der Waals surface area contributed by atoms with Gasteiger partial charge in [-0.1, -0.05) is 15.9 Å². The minimum atomic E-state index is -1.04. The van der Waals surface area contributed by atoms with Gasteiger partial charge in [0.2, 0.25) is 0 Å². The number of aliphatic carboxylic acids is 1. The zero-order chi connectivity index (χ0) is 17.3. The number of halogens is 1. The summed E-state index contributed by atoms with van der Waals surface area (Å²) >= 11 is 3.41. The van der Waals surface area contributed by atoms with Crippen molar-refractivity contribution >= 4 is 38.8 Å². The number of rotatable bonds is 4. The lowest BCUT2D eigenvalue weighted by Crippen LogP contribution is -2.46. The summed E-state index contributed by atoms with van der Waals surface area (Å²) in [6, 6.07) is 5.37. The van der Waals surface area contributed by atoms with E-state index < -0.39 is 5.97 Å². The number of fused-ring (bicyclic) bond motifs is 1. The normalized spacial score (nSPS) is 15.6. The van der Waals surface area contributed by atoms with Crippen molar-refractivity contribution in [3.8, 4) is 0 Å². The fraction of sp³-hybridized carbons (Fsp3) is 0.412. The molecular weight excluding hydrogens is 378 g/mol. The van der Waals surface area contributed by atoms with Gasteiger partial charge in [-0.15, -0.1) is 0 Å². The highest BCUT2D eigenvalue weighted by Gasteiger charge is 2.31. The van der Waals surface area contributed by atoms with Gasteiger partial charge in [-0.05, 0) is 38.0 Å². The number of ether oxygens (including phenoxy) is 1. The van der Waals surface area contributed by atoms with E-state index in [1.807, 2.05) is 19.1 Å². The van der Waals surface area contributed by atoms with Crippen molar-refractivity contribution in [2.24, 2.45) is 0 Å². The van der Waals surface area contributed by atoms with Crippen LogP contribution in [0.4, 0.5) is 0 Å². The maximum Gasteiger partial charge on any atom is 0.323 e. The molecule has 0 unspecified atom stereocenters. The maximum absolute atomic E-state index is 13.0. The number of nitrogens with zero attached hydrogens (tertiary/aromatic N) is 1. The van der Waals surface area contributed by atoms with Crippen LogP contribution in [0.1, 0.15) is 29.0 Å². The SMILES string of the molecule is Cc1c(C(=O)N(CC(=O)O)C2CCOCC2)oc2ccc(Br)cc12. The van der Waals surface area contributed by atoms with E-state index in [1.165, 1.54) is 4.90 Å². The topological polar surface area (TPSA) is 80.0 Å². The molecule has 1 amide bonds. The lowest BCUT2D eigenvalue weighted by molar-refractivity contribution is -0.138. The molecule has 3 rings (SSSR count). The zero-order valence-electron chi connectivity index (χ0n) is 13.3. The van der Waals surface area contributed by atoms with Crippen molar-refractivity contribution in [3.05, 3.63) is 34.0 Å². The number of carbonyl (C=O) groups is 2. The first-order chi connectivity index (χ1) is 11.5. The molecule has 24 heavy (non-hydrogen) atoms. The standard InChI is InChI=1S/C17H18BrNO5/c1-10-13-8-11(18)2-3-14(13)24-16(10)17(22)19(9-15(20)21)12-4-6-23-7-5-12/h2-3,8,12H,4-7,9H2,1H3,(H,20,21). The third-order valence-electron chi connectivity index (χ3n) is 4.29. The number of carboxylic acid groups (broad SMARTS) is 1. The summed E-state index contributed by atoms with van der Waals surface area (Å²) in [6.45, 7) is 2.53. The van der Waals surface area contributed by atoms with Crippen molar-refractivity contribution in [3.63, 3.8) is 0 Å². The Balaban J connectivity index is 1.97. The lowest BCUT2D eigenvalue weighted by Gasteiger charge is -2.32. The summed E-state index contributed by atoms with van der Waals surface area (Å²) in [5.41, 5.74) is 1.33. The number of benzene rings is 1. The van der Waals surface area contributed by atoms with Crippen molar-refractivity contribution in [2.75, 3.05) is 19.8 Å². The summed E-state index contributed by atoms with van der Waals surface area (Å²) in [7, 11) is 0. The summed E-state index contributed by atoms with van der Waals surface area (Å²) in [5, 5.41) is 10.0.